The molecule has 0 unspecified atom stereocenters. The largest absolute Gasteiger partial charge is 0.494 e. The van der Waals surface area contributed by atoms with Crippen LogP contribution in [0.2, 0.25) is 0 Å². The van der Waals surface area contributed by atoms with Gasteiger partial charge in [0.25, 0.3) is 17.7 Å². The highest BCUT2D eigenvalue weighted by Crippen LogP contribution is 2.22. The molecule has 0 saturated carbocycles. The number of aromatic nitrogens is 1. The van der Waals surface area contributed by atoms with E-state index in [0.29, 0.717) is 35.0 Å². The molecule has 182 valence electrons. The van der Waals surface area contributed by atoms with Crippen LogP contribution in [0.5, 0.6) is 17.2 Å². The van der Waals surface area contributed by atoms with Crippen molar-refractivity contribution < 1.29 is 23.9 Å². The summed E-state index contributed by atoms with van der Waals surface area (Å²) < 4.78 is 11.4. The number of hydrazine groups is 1. The molecule has 3 aromatic rings. The lowest BCUT2D eigenvalue weighted by molar-refractivity contribution is 0.0846. The number of amides is 3. The molecule has 0 aliphatic rings. The topological polar surface area (TPSA) is 119 Å². The van der Waals surface area contributed by atoms with Crippen molar-refractivity contribution >= 4 is 17.7 Å². The van der Waals surface area contributed by atoms with E-state index in [4.69, 9.17) is 9.47 Å². The van der Waals surface area contributed by atoms with Gasteiger partial charge in [0.05, 0.1) is 6.61 Å². The zero-order valence-corrected chi connectivity index (χ0v) is 19.7. The maximum atomic E-state index is 12.4. The normalized spacial score (nSPS) is 10.2. The SMILES string of the molecule is CCCCCOc1ccc(C(=O)NNC(=O)c2ccc(Oc3ccnc(C(=O)NC)c3)cc2)cc1. The van der Waals surface area contributed by atoms with Crippen molar-refractivity contribution in [2.45, 2.75) is 26.2 Å². The molecule has 1 aromatic heterocycles. The van der Waals surface area contributed by atoms with Gasteiger partial charge in [-0.25, -0.2) is 0 Å². The van der Waals surface area contributed by atoms with Crippen molar-refractivity contribution in [3.8, 4) is 17.2 Å². The van der Waals surface area contributed by atoms with Gasteiger partial charge in [-0.3, -0.25) is 30.2 Å². The number of hydrogen-bond acceptors (Lipinski definition) is 6. The molecule has 0 saturated heterocycles. The van der Waals surface area contributed by atoms with Gasteiger partial charge in [0.2, 0.25) is 0 Å². The van der Waals surface area contributed by atoms with Crippen LogP contribution in [0.1, 0.15) is 57.4 Å². The number of unbranched alkanes of at least 4 members (excludes halogenated alkanes) is 2. The Morgan fingerprint density at radius 2 is 1.37 bits per heavy atom. The number of nitrogens with zero attached hydrogens (tertiary/aromatic N) is 1. The predicted molar refractivity (Wildman–Crippen MR) is 131 cm³/mol. The fraction of sp³-hybridized carbons (Fsp3) is 0.231. The zero-order valence-electron chi connectivity index (χ0n) is 19.7. The Kier molecular flexibility index (Phi) is 9.18. The number of carbonyl (C=O) groups excluding carboxylic acids is 3. The molecule has 0 bridgehead atoms. The third kappa shape index (κ3) is 7.56. The van der Waals surface area contributed by atoms with E-state index in [9.17, 15) is 14.4 Å². The summed E-state index contributed by atoms with van der Waals surface area (Å²) in [6.07, 6.45) is 4.69. The number of nitrogens with one attached hydrogen (secondary N) is 3. The lowest BCUT2D eigenvalue weighted by Gasteiger charge is -2.10. The summed E-state index contributed by atoms with van der Waals surface area (Å²) in [5, 5.41) is 2.50. The Morgan fingerprint density at radius 1 is 0.771 bits per heavy atom. The molecule has 3 N–H and O–H groups in total. The van der Waals surface area contributed by atoms with Gasteiger partial charge in [-0.15, -0.1) is 0 Å². The van der Waals surface area contributed by atoms with Crippen LogP contribution in [-0.2, 0) is 0 Å². The van der Waals surface area contributed by atoms with Crippen LogP contribution in [0.15, 0.2) is 66.9 Å². The Hall–Kier alpha value is -4.40. The molecule has 9 nitrogen and oxygen atoms in total. The molecule has 1 heterocycles. The van der Waals surface area contributed by atoms with Gasteiger partial charge in [-0.05, 0) is 61.0 Å². The summed E-state index contributed by atoms with van der Waals surface area (Å²) in [5.41, 5.74) is 5.74. The average Bonchev–Trinajstić information content (AvgIpc) is 2.90. The third-order valence-electron chi connectivity index (χ3n) is 4.97. The number of rotatable bonds is 10. The van der Waals surface area contributed by atoms with E-state index in [1.54, 1.807) is 54.6 Å². The summed E-state index contributed by atoms with van der Waals surface area (Å²) in [5.74, 6) is 0.348. The van der Waals surface area contributed by atoms with Crippen LogP contribution in [0.25, 0.3) is 0 Å². The predicted octanol–water partition coefficient (Wildman–Crippen LogP) is 3.88. The molecule has 0 aliphatic carbocycles. The van der Waals surface area contributed by atoms with Crippen LogP contribution in [0.3, 0.4) is 0 Å². The fourth-order valence-corrected chi connectivity index (χ4v) is 3.04. The first-order valence-corrected chi connectivity index (χ1v) is 11.3. The standard InChI is InChI=1S/C26H28N4O5/c1-3-4-5-16-34-20-10-6-18(7-11-20)24(31)29-30-25(32)19-8-12-21(13-9-19)35-22-14-15-28-23(17-22)26(33)27-2/h6-15,17H,3-5,16H2,1-2H3,(H,27,33)(H,29,31)(H,30,32). The second-order valence-corrected chi connectivity index (χ2v) is 7.57. The highest BCUT2D eigenvalue weighted by atomic mass is 16.5. The van der Waals surface area contributed by atoms with E-state index in [0.717, 1.165) is 19.3 Å². The first-order chi connectivity index (χ1) is 17.0. The highest BCUT2D eigenvalue weighted by Gasteiger charge is 2.11. The van der Waals surface area contributed by atoms with Gasteiger partial charge in [0, 0.05) is 30.4 Å². The molecule has 0 atom stereocenters. The minimum Gasteiger partial charge on any atom is -0.494 e. The maximum Gasteiger partial charge on any atom is 0.269 e. The quantitative estimate of drug-likeness (QED) is 0.302. The van der Waals surface area contributed by atoms with Crippen molar-refractivity contribution in [3.63, 3.8) is 0 Å². The van der Waals surface area contributed by atoms with Crippen molar-refractivity contribution in [1.82, 2.24) is 21.2 Å². The third-order valence-corrected chi connectivity index (χ3v) is 4.97. The van der Waals surface area contributed by atoms with Crippen molar-refractivity contribution in [1.29, 1.82) is 0 Å². The molecule has 9 heteroatoms. The van der Waals surface area contributed by atoms with Gasteiger partial charge in [-0.1, -0.05) is 19.8 Å². The minimum absolute atomic E-state index is 0.228. The second-order valence-electron chi connectivity index (χ2n) is 7.57. The fourth-order valence-electron chi connectivity index (χ4n) is 3.04. The van der Waals surface area contributed by atoms with Gasteiger partial charge in [0.1, 0.15) is 22.9 Å². The number of carbonyl (C=O) groups is 3. The van der Waals surface area contributed by atoms with E-state index in [1.165, 1.54) is 19.3 Å². The summed E-state index contributed by atoms with van der Waals surface area (Å²) in [4.78, 5) is 40.4. The zero-order chi connectivity index (χ0) is 25.0. The first kappa shape index (κ1) is 25.2. The Labute approximate surface area is 203 Å². The molecular weight excluding hydrogens is 448 g/mol. The average molecular weight is 477 g/mol. The monoisotopic (exact) mass is 476 g/mol. The molecule has 3 amide bonds. The molecule has 0 aliphatic heterocycles. The first-order valence-electron chi connectivity index (χ1n) is 11.3. The Bertz CT molecular complexity index is 1150. The van der Waals surface area contributed by atoms with E-state index < -0.39 is 11.8 Å². The molecular formula is C26H28N4O5. The Balaban J connectivity index is 1.49. The van der Waals surface area contributed by atoms with Crippen molar-refractivity contribution in [2.24, 2.45) is 0 Å². The lowest BCUT2D eigenvalue weighted by atomic mass is 10.2. The van der Waals surface area contributed by atoms with E-state index in [1.807, 2.05) is 0 Å². The summed E-state index contributed by atoms with van der Waals surface area (Å²) in [6.45, 7) is 2.77. The summed E-state index contributed by atoms with van der Waals surface area (Å²) in [7, 11) is 1.52. The molecule has 0 spiro atoms. The van der Waals surface area contributed by atoms with Crippen LogP contribution in [0, 0.1) is 0 Å². The smallest absolute Gasteiger partial charge is 0.269 e. The van der Waals surface area contributed by atoms with E-state index >= 15 is 0 Å². The molecule has 35 heavy (non-hydrogen) atoms. The van der Waals surface area contributed by atoms with Crippen LogP contribution < -0.4 is 25.6 Å². The number of hydrogen-bond donors (Lipinski definition) is 3. The maximum absolute atomic E-state index is 12.4. The van der Waals surface area contributed by atoms with Gasteiger partial charge < -0.3 is 14.8 Å². The van der Waals surface area contributed by atoms with Crippen LogP contribution >= 0.6 is 0 Å². The van der Waals surface area contributed by atoms with Gasteiger partial charge in [-0.2, -0.15) is 0 Å². The molecule has 0 radical (unpaired) electrons. The number of ether oxygens (including phenoxy) is 2. The summed E-state index contributed by atoms with van der Waals surface area (Å²) in [6, 6.07) is 16.2. The van der Waals surface area contributed by atoms with Gasteiger partial charge >= 0.3 is 0 Å². The Morgan fingerprint density at radius 3 is 1.94 bits per heavy atom. The van der Waals surface area contributed by atoms with E-state index in [2.05, 4.69) is 28.1 Å². The van der Waals surface area contributed by atoms with Crippen molar-refractivity contribution in [3.05, 3.63) is 83.7 Å². The minimum atomic E-state index is -0.480. The molecule has 0 fully saturated rings. The summed E-state index contributed by atoms with van der Waals surface area (Å²) >= 11 is 0. The second kappa shape index (κ2) is 12.7. The molecule has 2 aromatic carbocycles. The lowest BCUT2D eigenvalue weighted by Crippen LogP contribution is -2.41. The van der Waals surface area contributed by atoms with E-state index in [-0.39, 0.29) is 11.6 Å². The van der Waals surface area contributed by atoms with Crippen LogP contribution in [-0.4, -0.2) is 36.4 Å². The number of benzene rings is 2. The van der Waals surface area contributed by atoms with Crippen LogP contribution in [0.4, 0.5) is 0 Å². The highest BCUT2D eigenvalue weighted by molar-refractivity contribution is 5.99. The number of pyridine rings is 1. The van der Waals surface area contributed by atoms with Gasteiger partial charge in [0.15, 0.2) is 0 Å². The molecule has 3 rings (SSSR count). The van der Waals surface area contributed by atoms with Crippen molar-refractivity contribution in [2.75, 3.05) is 13.7 Å².